The molecule has 0 unspecified atom stereocenters. The molecule has 1 aromatic heterocycles. The highest BCUT2D eigenvalue weighted by molar-refractivity contribution is 6.01. The van der Waals surface area contributed by atoms with Gasteiger partial charge >= 0.3 is 0 Å². The third kappa shape index (κ3) is 1.99. The first-order valence-corrected chi connectivity index (χ1v) is 4.38. The number of amides is 1. The van der Waals surface area contributed by atoms with Crippen molar-refractivity contribution in [2.75, 3.05) is 5.32 Å². The Kier molecular flexibility index (Phi) is 2.92. The fraction of sp³-hybridized carbons (Fsp3) is 0. The van der Waals surface area contributed by atoms with Gasteiger partial charge in [-0.25, -0.2) is 17.6 Å². The number of halogens is 4. The Morgan fingerprint density at radius 3 is 2.28 bits per heavy atom. The number of nitrogens with one attached hydrogen (secondary N) is 2. The molecule has 1 amide bonds. The maximum atomic E-state index is 13.2. The Bertz CT molecular complexity index is 574. The molecule has 1 heterocycles. The van der Waals surface area contributed by atoms with Crippen LogP contribution in [0.3, 0.4) is 0 Å². The van der Waals surface area contributed by atoms with E-state index in [-0.39, 0.29) is 6.07 Å². The van der Waals surface area contributed by atoms with E-state index in [9.17, 15) is 22.4 Å². The van der Waals surface area contributed by atoms with Gasteiger partial charge < -0.3 is 5.32 Å². The van der Waals surface area contributed by atoms with Crippen LogP contribution in [0.2, 0.25) is 0 Å². The molecule has 0 aliphatic rings. The average Bonchev–Trinajstić information content (AvgIpc) is 2.85. The average molecular weight is 261 g/mol. The quantitative estimate of drug-likeness (QED) is 0.624. The molecule has 0 aliphatic heterocycles. The summed E-state index contributed by atoms with van der Waals surface area (Å²) in [4.78, 5) is 11.3. The summed E-state index contributed by atoms with van der Waals surface area (Å²) in [5, 5.41) is 13.0. The zero-order chi connectivity index (χ0) is 13.3. The normalized spacial score (nSPS) is 10.4. The van der Waals surface area contributed by atoms with Gasteiger partial charge in [0.2, 0.25) is 0 Å². The van der Waals surface area contributed by atoms with Crippen molar-refractivity contribution in [3.8, 4) is 0 Å². The lowest BCUT2D eigenvalue weighted by Crippen LogP contribution is -2.17. The molecule has 1 aromatic carbocycles. The lowest BCUT2D eigenvalue weighted by Gasteiger charge is -2.06. The van der Waals surface area contributed by atoms with E-state index < -0.39 is 40.7 Å². The fourth-order valence-electron chi connectivity index (χ4n) is 1.11. The third-order valence-electron chi connectivity index (χ3n) is 1.90. The topological polar surface area (TPSA) is 83.6 Å². The molecule has 94 valence electrons. The molecular weight excluding hydrogens is 258 g/mol. The minimum Gasteiger partial charge on any atom is -0.314 e. The van der Waals surface area contributed by atoms with Crippen LogP contribution in [0.25, 0.3) is 0 Å². The Hall–Kier alpha value is -2.52. The van der Waals surface area contributed by atoms with Crippen molar-refractivity contribution < 1.29 is 22.4 Å². The molecule has 2 N–H and O–H groups in total. The van der Waals surface area contributed by atoms with Crippen molar-refractivity contribution in [3.05, 3.63) is 35.2 Å². The molecular formula is C8H3F4N5O. The number of H-pyrrole nitrogens is 1. The lowest BCUT2D eigenvalue weighted by molar-refractivity contribution is 0.101. The standard InChI is InChI=1S/C8H3F4N5O/c9-2-1-3(10)5(12)6(4(2)11)13-8(18)7-14-16-17-15-7/h1H,(H,13,18)(H,14,15,16,17). The number of carbonyl (C=O) groups is 1. The molecule has 0 saturated carbocycles. The van der Waals surface area contributed by atoms with Crippen LogP contribution in [0.1, 0.15) is 10.6 Å². The number of hydrogen-bond acceptors (Lipinski definition) is 4. The number of aromatic nitrogens is 4. The van der Waals surface area contributed by atoms with Crippen LogP contribution in [0.4, 0.5) is 23.2 Å². The van der Waals surface area contributed by atoms with E-state index >= 15 is 0 Å². The molecule has 0 aliphatic carbocycles. The second-order valence-electron chi connectivity index (χ2n) is 3.03. The summed E-state index contributed by atoms with van der Waals surface area (Å²) in [6.07, 6.45) is 0. The molecule has 6 nitrogen and oxygen atoms in total. The Morgan fingerprint density at radius 1 is 1.17 bits per heavy atom. The number of nitrogens with zero attached hydrogens (tertiary/aromatic N) is 3. The maximum Gasteiger partial charge on any atom is 0.297 e. The van der Waals surface area contributed by atoms with E-state index in [1.165, 1.54) is 0 Å². The van der Waals surface area contributed by atoms with Crippen LogP contribution in [0.5, 0.6) is 0 Å². The van der Waals surface area contributed by atoms with E-state index in [2.05, 4.69) is 15.4 Å². The molecule has 0 spiro atoms. The van der Waals surface area contributed by atoms with Gasteiger partial charge in [-0.2, -0.15) is 5.21 Å². The molecule has 0 bridgehead atoms. The van der Waals surface area contributed by atoms with Gasteiger partial charge in [0.1, 0.15) is 5.69 Å². The highest BCUT2D eigenvalue weighted by atomic mass is 19.2. The zero-order valence-corrected chi connectivity index (χ0v) is 8.34. The fourth-order valence-corrected chi connectivity index (χ4v) is 1.11. The van der Waals surface area contributed by atoms with Crippen LogP contribution in [0, 0.1) is 23.3 Å². The largest absolute Gasteiger partial charge is 0.314 e. The first kappa shape index (κ1) is 12.0. The van der Waals surface area contributed by atoms with E-state index in [4.69, 9.17) is 0 Å². The first-order valence-electron chi connectivity index (χ1n) is 4.38. The van der Waals surface area contributed by atoms with Crippen molar-refractivity contribution in [2.45, 2.75) is 0 Å². The smallest absolute Gasteiger partial charge is 0.297 e. The molecule has 0 radical (unpaired) electrons. The number of anilines is 1. The molecule has 0 saturated heterocycles. The van der Waals surface area contributed by atoms with Crippen molar-refractivity contribution in [1.82, 2.24) is 20.6 Å². The first-order chi connectivity index (χ1) is 8.50. The Labute approximate surface area is 96.0 Å². The summed E-state index contributed by atoms with van der Waals surface area (Å²) in [7, 11) is 0. The summed E-state index contributed by atoms with van der Waals surface area (Å²) < 4.78 is 52.0. The van der Waals surface area contributed by atoms with Crippen LogP contribution >= 0.6 is 0 Å². The van der Waals surface area contributed by atoms with E-state index in [0.29, 0.717) is 0 Å². The molecule has 0 fully saturated rings. The van der Waals surface area contributed by atoms with E-state index in [1.54, 1.807) is 5.32 Å². The maximum absolute atomic E-state index is 13.2. The van der Waals surface area contributed by atoms with Crippen molar-refractivity contribution in [2.24, 2.45) is 0 Å². The van der Waals surface area contributed by atoms with Crippen molar-refractivity contribution in [3.63, 3.8) is 0 Å². The lowest BCUT2D eigenvalue weighted by atomic mass is 10.2. The van der Waals surface area contributed by atoms with Gasteiger partial charge in [0.05, 0.1) is 0 Å². The van der Waals surface area contributed by atoms with Crippen molar-refractivity contribution in [1.29, 1.82) is 0 Å². The predicted octanol–water partition coefficient (Wildman–Crippen LogP) is 1.01. The van der Waals surface area contributed by atoms with Crippen LogP contribution in [-0.2, 0) is 0 Å². The minimum absolute atomic E-state index is 0.0225. The van der Waals surface area contributed by atoms with Crippen LogP contribution < -0.4 is 5.32 Å². The molecule has 18 heavy (non-hydrogen) atoms. The van der Waals surface area contributed by atoms with Gasteiger partial charge in [0.15, 0.2) is 23.3 Å². The number of aromatic amines is 1. The van der Waals surface area contributed by atoms with Gasteiger partial charge in [-0.3, -0.25) is 4.79 Å². The molecule has 10 heteroatoms. The van der Waals surface area contributed by atoms with Gasteiger partial charge in [-0.1, -0.05) is 0 Å². The van der Waals surface area contributed by atoms with Crippen LogP contribution in [-0.4, -0.2) is 26.5 Å². The van der Waals surface area contributed by atoms with E-state index in [1.807, 2.05) is 5.21 Å². The summed E-state index contributed by atoms with van der Waals surface area (Å²) in [5.41, 5.74) is -1.26. The highest BCUT2D eigenvalue weighted by Crippen LogP contribution is 2.24. The summed E-state index contributed by atoms with van der Waals surface area (Å²) in [5.74, 6) is -8.46. The minimum atomic E-state index is -1.73. The number of hydrogen-bond donors (Lipinski definition) is 2. The van der Waals surface area contributed by atoms with Gasteiger partial charge in [-0.05, 0) is 5.21 Å². The SMILES string of the molecule is O=C(Nc1c(F)c(F)cc(F)c1F)c1nn[nH]n1. The second-order valence-corrected chi connectivity index (χ2v) is 3.03. The number of tetrazole rings is 1. The summed E-state index contributed by atoms with van der Waals surface area (Å²) >= 11 is 0. The molecule has 2 rings (SSSR count). The molecule has 2 aromatic rings. The number of carbonyl (C=O) groups excluding carboxylic acids is 1. The molecule has 0 atom stereocenters. The Balaban J connectivity index is 2.38. The number of rotatable bonds is 2. The van der Waals surface area contributed by atoms with Crippen LogP contribution in [0.15, 0.2) is 6.07 Å². The van der Waals surface area contributed by atoms with Gasteiger partial charge in [-0.15, -0.1) is 10.2 Å². The summed E-state index contributed by atoms with van der Waals surface area (Å²) in [6, 6.07) is 0.0225. The summed E-state index contributed by atoms with van der Waals surface area (Å²) in [6.45, 7) is 0. The van der Waals surface area contributed by atoms with Gasteiger partial charge in [0, 0.05) is 6.07 Å². The predicted molar refractivity (Wildman–Crippen MR) is 48.4 cm³/mol. The second kappa shape index (κ2) is 4.39. The number of benzene rings is 1. The van der Waals surface area contributed by atoms with Gasteiger partial charge in [0.25, 0.3) is 11.7 Å². The zero-order valence-electron chi connectivity index (χ0n) is 8.34. The third-order valence-corrected chi connectivity index (χ3v) is 1.90. The highest BCUT2D eigenvalue weighted by Gasteiger charge is 2.22. The van der Waals surface area contributed by atoms with Crippen molar-refractivity contribution >= 4 is 11.6 Å². The monoisotopic (exact) mass is 261 g/mol. The van der Waals surface area contributed by atoms with E-state index in [0.717, 1.165) is 0 Å². The Morgan fingerprint density at radius 2 is 1.78 bits per heavy atom.